The summed E-state index contributed by atoms with van der Waals surface area (Å²) in [5, 5.41) is 0. The Morgan fingerprint density at radius 2 is 1.76 bits per heavy atom. The van der Waals surface area contributed by atoms with Gasteiger partial charge in [-0.2, -0.15) is 0 Å². The van der Waals surface area contributed by atoms with E-state index in [9.17, 15) is 0 Å². The van der Waals surface area contributed by atoms with Crippen LogP contribution in [0.3, 0.4) is 0 Å². The Hall–Kier alpha value is -1.09. The summed E-state index contributed by atoms with van der Waals surface area (Å²) in [7, 11) is 0. The fourth-order valence-corrected chi connectivity index (χ4v) is 3.18. The lowest BCUT2D eigenvalue weighted by molar-refractivity contribution is 0.251. The highest BCUT2D eigenvalue weighted by molar-refractivity contribution is 6.17. The molecular weight excluding hydrogens is 282 g/mol. The molecule has 0 aliphatic rings. The van der Waals surface area contributed by atoms with Crippen molar-refractivity contribution in [1.29, 1.82) is 0 Å². The predicted octanol–water partition coefficient (Wildman–Crippen LogP) is 4.45. The molecule has 0 aliphatic carbocycles. The molecule has 0 aliphatic heterocycles. The summed E-state index contributed by atoms with van der Waals surface area (Å²) < 4.78 is 2.29. The number of halogens is 1. The third-order valence-corrected chi connectivity index (χ3v) is 4.42. The molecule has 0 saturated heterocycles. The van der Waals surface area contributed by atoms with Crippen molar-refractivity contribution in [3.63, 3.8) is 0 Å². The van der Waals surface area contributed by atoms with Gasteiger partial charge in [-0.25, -0.2) is 9.97 Å². The van der Waals surface area contributed by atoms with E-state index in [1.807, 2.05) is 13.0 Å². The molecule has 2 aromatic rings. The Kier molecular flexibility index (Phi) is 5.26. The number of fused-ring (bicyclic) bond motifs is 1. The van der Waals surface area contributed by atoms with E-state index >= 15 is 0 Å². The smallest absolute Gasteiger partial charge is 0.160 e. The van der Waals surface area contributed by atoms with E-state index in [0.29, 0.717) is 23.6 Å². The van der Waals surface area contributed by atoms with E-state index in [4.69, 9.17) is 21.6 Å². The molecule has 0 bridgehead atoms. The van der Waals surface area contributed by atoms with Gasteiger partial charge in [0.25, 0.3) is 0 Å². The van der Waals surface area contributed by atoms with Crippen LogP contribution in [0.5, 0.6) is 0 Å². The molecule has 116 valence electrons. The summed E-state index contributed by atoms with van der Waals surface area (Å²) in [5.41, 5.74) is 3.01. The van der Waals surface area contributed by atoms with Crippen molar-refractivity contribution >= 4 is 22.8 Å². The van der Waals surface area contributed by atoms with Crippen LogP contribution in [0.2, 0.25) is 0 Å². The topological polar surface area (TPSA) is 30.7 Å². The maximum atomic E-state index is 5.95. The number of hydrogen-bond acceptors (Lipinski definition) is 2. The van der Waals surface area contributed by atoms with E-state index in [2.05, 4.69) is 38.3 Å². The second-order valence-electron chi connectivity index (χ2n) is 6.52. The van der Waals surface area contributed by atoms with Crippen LogP contribution in [0.4, 0.5) is 0 Å². The zero-order chi connectivity index (χ0) is 15.6. The standard InChI is InChI=1S/C17H26ClN3/c1-11(2)14(12(3)4)10-21-16(8-9-18)20-15-7-6-13(5)19-17(15)21/h6-7,11-12,14H,8-10H2,1-5H3. The number of rotatable bonds is 6. The number of alkyl halides is 1. The van der Waals surface area contributed by atoms with Gasteiger partial charge in [0.05, 0.1) is 0 Å². The zero-order valence-electron chi connectivity index (χ0n) is 13.7. The van der Waals surface area contributed by atoms with E-state index in [-0.39, 0.29) is 0 Å². The van der Waals surface area contributed by atoms with Crippen molar-refractivity contribution < 1.29 is 0 Å². The van der Waals surface area contributed by atoms with Crippen molar-refractivity contribution in [2.24, 2.45) is 17.8 Å². The summed E-state index contributed by atoms with van der Waals surface area (Å²) in [6, 6.07) is 4.08. The lowest BCUT2D eigenvalue weighted by Crippen LogP contribution is -2.23. The number of imidazole rings is 1. The van der Waals surface area contributed by atoms with Crippen LogP contribution < -0.4 is 0 Å². The SMILES string of the molecule is Cc1ccc2nc(CCCl)n(CC(C(C)C)C(C)C)c2n1. The molecular formula is C17H26ClN3. The first-order valence-electron chi connectivity index (χ1n) is 7.82. The molecule has 4 heteroatoms. The molecule has 2 heterocycles. The number of pyridine rings is 1. The molecule has 0 N–H and O–H groups in total. The molecule has 0 spiro atoms. The van der Waals surface area contributed by atoms with E-state index in [1.165, 1.54) is 0 Å². The van der Waals surface area contributed by atoms with Gasteiger partial charge in [-0.05, 0) is 36.8 Å². The molecule has 0 radical (unpaired) electrons. The minimum absolute atomic E-state index is 0.594. The van der Waals surface area contributed by atoms with Gasteiger partial charge in [0, 0.05) is 24.5 Å². The van der Waals surface area contributed by atoms with Gasteiger partial charge in [-0.1, -0.05) is 27.7 Å². The Labute approximate surface area is 132 Å². The summed E-state index contributed by atoms with van der Waals surface area (Å²) in [6.45, 7) is 12.2. The molecule has 0 atom stereocenters. The highest BCUT2D eigenvalue weighted by Crippen LogP contribution is 2.26. The molecule has 0 unspecified atom stereocenters. The summed E-state index contributed by atoms with van der Waals surface area (Å²) in [4.78, 5) is 9.44. The van der Waals surface area contributed by atoms with E-state index in [1.54, 1.807) is 0 Å². The van der Waals surface area contributed by atoms with Crippen LogP contribution in [0.15, 0.2) is 12.1 Å². The fraction of sp³-hybridized carbons (Fsp3) is 0.647. The monoisotopic (exact) mass is 307 g/mol. The molecule has 21 heavy (non-hydrogen) atoms. The van der Waals surface area contributed by atoms with Gasteiger partial charge in [0.15, 0.2) is 5.65 Å². The summed E-state index contributed by atoms with van der Waals surface area (Å²) in [5.74, 6) is 3.53. The number of aryl methyl sites for hydroxylation is 2. The third kappa shape index (κ3) is 3.57. The van der Waals surface area contributed by atoms with Gasteiger partial charge in [0.1, 0.15) is 11.3 Å². The van der Waals surface area contributed by atoms with Gasteiger partial charge in [0.2, 0.25) is 0 Å². The lowest BCUT2D eigenvalue weighted by atomic mass is 9.85. The predicted molar refractivity (Wildman–Crippen MR) is 89.9 cm³/mol. The Morgan fingerprint density at radius 1 is 1.10 bits per heavy atom. The fourth-order valence-electron chi connectivity index (χ4n) is 3.01. The molecule has 2 aromatic heterocycles. The normalized spacial score (nSPS) is 12.2. The molecule has 2 rings (SSSR count). The van der Waals surface area contributed by atoms with Crippen LogP contribution in [-0.2, 0) is 13.0 Å². The second-order valence-corrected chi connectivity index (χ2v) is 6.90. The Morgan fingerprint density at radius 3 is 2.33 bits per heavy atom. The largest absolute Gasteiger partial charge is 0.312 e. The molecule has 0 amide bonds. The van der Waals surface area contributed by atoms with Crippen LogP contribution >= 0.6 is 11.6 Å². The van der Waals surface area contributed by atoms with Crippen molar-refractivity contribution in [2.45, 2.75) is 47.6 Å². The summed E-state index contributed by atoms with van der Waals surface area (Å²) >= 11 is 5.95. The highest BCUT2D eigenvalue weighted by Gasteiger charge is 2.21. The molecule has 3 nitrogen and oxygen atoms in total. The Balaban J connectivity index is 2.48. The van der Waals surface area contributed by atoms with Crippen LogP contribution in [-0.4, -0.2) is 20.4 Å². The van der Waals surface area contributed by atoms with Gasteiger partial charge < -0.3 is 4.57 Å². The van der Waals surface area contributed by atoms with E-state index in [0.717, 1.165) is 35.6 Å². The van der Waals surface area contributed by atoms with Crippen LogP contribution in [0.25, 0.3) is 11.2 Å². The molecule has 0 fully saturated rings. The number of hydrogen-bond donors (Lipinski definition) is 0. The average Bonchev–Trinajstić information content (AvgIpc) is 2.72. The van der Waals surface area contributed by atoms with Crippen molar-refractivity contribution in [3.8, 4) is 0 Å². The molecule has 0 saturated carbocycles. The maximum absolute atomic E-state index is 5.95. The third-order valence-electron chi connectivity index (χ3n) is 4.23. The first kappa shape index (κ1) is 16.3. The maximum Gasteiger partial charge on any atom is 0.160 e. The summed E-state index contributed by atoms with van der Waals surface area (Å²) in [6.07, 6.45) is 0.792. The minimum Gasteiger partial charge on any atom is -0.312 e. The van der Waals surface area contributed by atoms with Crippen molar-refractivity contribution in [2.75, 3.05) is 5.88 Å². The second kappa shape index (κ2) is 6.78. The Bertz CT molecular complexity index is 593. The van der Waals surface area contributed by atoms with Gasteiger partial charge >= 0.3 is 0 Å². The lowest BCUT2D eigenvalue weighted by Gasteiger charge is -2.26. The average molecular weight is 308 g/mol. The van der Waals surface area contributed by atoms with Crippen LogP contribution in [0, 0.1) is 24.7 Å². The zero-order valence-corrected chi connectivity index (χ0v) is 14.5. The van der Waals surface area contributed by atoms with Crippen molar-refractivity contribution in [1.82, 2.24) is 14.5 Å². The molecule has 0 aromatic carbocycles. The first-order valence-corrected chi connectivity index (χ1v) is 8.36. The number of nitrogens with zero attached hydrogens (tertiary/aromatic N) is 3. The minimum atomic E-state index is 0.594. The first-order chi connectivity index (χ1) is 9.93. The van der Waals surface area contributed by atoms with Gasteiger partial charge in [-0.3, -0.25) is 0 Å². The quantitative estimate of drug-likeness (QED) is 0.738. The number of aromatic nitrogens is 3. The van der Waals surface area contributed by atoms with Crippen LogP contribution in [0.1, 0.15) is 39.2 Å². The highest BCUT2D eigenvalue weighted by atomic mass is 35.5. The van der Waals surface area contributed by atoms with Crippen molar-refractivity contribution in [3.05, 3.63) is 23.7 Å². The van der Waals surface area contributed by atoms with Gasteiger partial charge in [-0.15, -0.1) is 11.6 Å². The van der Waals surface area contributed by atoms with E-state index < -0.39 is 0 Å².